The summed E-state index contributed by atoms with van der Waals surface area (Å²) in [5, 5.41) is 22.1. The monoisotopic (exact) mass is 530 g/mol. The topological polar surface area (TPSA) is 82.9 Å². The molecule has 4 rings (SSSR count). The summed E-state index contributed by atoms with van der Waals surface area (Å²) in [6.07, 6.45) is 3.39. The molecule has 2 heterocycles. The van der Waals surface area contributed by atoms with Gasteiger partial charge in [0.2, 0.25) is 0 Å². The number of halogens is 3. The third kappa shape index (κ3) is 5.94. The van der Waals surface area contributed by atoms with Gasteiger partial charge in [0.25, 0.3) is 0 Å². The quantitative estimate of drug-likeness (QED) is 0.333. The van der Waals surface area contributed by atoms with Crippen molar-refractivity contribution in [2.24, 2.45) is 5.41 Å². The second-order valence-corrected chi connectivity index (χ2v) is 10.2. The molecule has 204 valence electrons. The largest absolute Gasteiger partial charge is 0.497 e. The second-order valence-electron chi connectivity index (χ2n) is 10.2. The predicted molar refractivity (Wildman–Crippen MR) is 138 cm³/mol. The smallest absolute Gasteiger partial charge is 0.309 e. The molecule has 1 aliphatic heterocycles. The normalized spacial score (nSPS) is 16.5. The number of carboxylic acids is 1. The Bertz CT molecular complexity index is 1290. The number of fused-ring (bicyclic) bond motifs is 1. The minimum Gasteiger partial charge on any atom is -0.497 e. The maximum absolute atomic E-state index is 13.4. The Morgan fingerprint density at radius 2 is 1.84 bits per heavy atom. The fourth-order valence-corrected chi connectivity index (χ4v) is 5.45. The van der Waals surface area contributed by atoms with Gasteiger partial charge in [-0.3, -0.25) is 9.78 Å². The molecule has 38 heavy (non-hydrogen) atoms. The average molecular weight is 531 g/mol. The van der Waals surface area contributed by atoms with E-state index in [0.717, 1.165) is 34.2 Å². The highest BCUT2D eigenvalue weighted by atomic mass is 19.2. The lowest BCUT2D eigenvalue weighted by molar-refractivity contribution is -0.153. The van der Waals surface area contributed by atoms with Gasteiger partial charge in [0.15, 0.2) is 17.5 Å². The maximum Gasteiger partial charge on any atom is 0.309 e. The number of aryl methyl sites for hydroxylation is 2. The minimum atomic E-state index is -1.47. The number of aliphatic hydroxyl groups excluding tert-OH is 1. The molecule has 1 fully saturated rings. The number of aliphatic carboxylic acids is 1. The molecular weight excluding hydrogens is 497 g/mol. The number of nitrogens with zero attached hydrogens (tertiary/aromatic N) is 2. The molecule has 2 N–H and O–H groups in total. The zero-order valence-corrected chi connectivity index (χ0v) is 21.6. The number of hydrogen-bond donors (Lipinski definition) is 2. The first-order chi connectivity index (χ1) is 18.1. The third-order valence-electron chi connectivity index (χ3n) is 7.80. The van der Waals surface area contributed by atoms with E-state index < -0.39 is 34.9 Å². The predicted octanol–water partition coefficient (Wildman–Crippen LogP) is 5.58. The van der Waals surface area contributed by atoms with E-state index in [9.17, 15) is 28.2 Å². The number of hydrogen-bond acceptors (Lipinski definition) is 5. The fourth-order valence-electron chi connectivity index (χ4n) is 5.45. The summed E-state index contributed by atoms with van der Waals surface area (Å²) in [6.45, 7) is 3.67. The van der Waals surface area contributed by atoms with Gasteiger partial charge in [-0.15, -0.1) is 0 Å². The van der Waals surface area contributed by atoms with Gasteiger partial charge in [-0.2, -0.15) is 0 Å². The number of aromatic nitrogens is 1. The number of carbonyl (C=O) groups is 1. The summed E-state index contributed by atoms with van der Waals surface area (Å²) in [4.78, 5) is 18.9. The standard InChI is InChI=1S/C29H33F3N2O4/c1-18-17-33-24-6-5-20(38-2)16-21(24)26(18)25(35)7-8-29(28(36)37)9-12-34(13-10-29)11-3-4-19-14-22(30)27(32)23(31)15-19/h5-6,14-17,25,35H,3-4,7-13H2,1-2H3,(H,36,37)/t25-/m0/s1. The van der Waals surface area contributed by atoms with Crippen LogP contribution in [-0.2, 0) is 11.2 Å². The molecular formula is C29H33F3N2O4. The summed E-state index contributed by atoms with van der Waals surface area (Å²) in [6, 6.07) is 7.51. The molecule has 0 aliphatic carbocycles. The Hall–Kier alpha value is -3.17. The van der Waals surface area contributed by atoms with Crippen molar-refractivity contribution in [3.8, 4) is 5.75 Å². The SMILES string of the molecule is COc1ccc2ncc(C)c([C@@H](O)CCC3(C(=O)O)CCN(CCCc4cc(F)c(F)c(F)c4)CC3)c2c1. The van der Waals surface area contributed by atoms with E-state index in [0.29, 0.717) is 69.5 Å². The van der Waals surface area contributed by atoms with E-state index in [1.54, 1.807) is 13.3 Å². The van der Waals surface area contributed by atoms with Crippen LogP contribution < -0.4 is 4.74 Å². The van der Waals surface area contributed by atoms with Crippen molar-refractivity contribution in [3.05, 3.63) is 70.7 Å². The summed E-state index contributed by atoms with van der Waals surface area (Å²) >= 11 is 0. The van der Waals surface area contributed by atoms with E-state index in [4.69, 9.17) is 4.74 Å². The Labute approximate surface area is 220 Å². The van der Waals surface area contributed by atoms with Crippen LogP contribution in [0.4, 0.5) is 13.2 Å². The van der Waals surface area contributed by atoms with Gasteiger partial charge in [0.1, 0.15) is 5.75 Å². The van der Waals surface area contributed by atoms with Crippen LogP contribution in [0.2, 0.25) is 0 Å². The molecule has 1 saturated heterocycles. The van der Waals surface area contributed by atoms with Gasteiger partial charge in [-0.25, -0.2) is 13.2 Å². The number of methoxy groups -OCH3 is 1. The van der Waals surface area contributed by atoms with Crippen molar-refractivity contribution in [2.75, 3.05) is 26.7 Å². The van der Waals surface area contributed by atoms with Crippen molar-refractivity contribution in [1.82, 2.24) is 9.88 Å². The molecule has 9 heteroatoms. The van der Waals surface area contributed by atoms with Gasteiger partial charge in [0, 0.05) is 11.6 Å². The summed E-state index contributed by atoms with van der Waals surface area (Å²) < 4.78 is 45.4. The zero-order chi connectivity index (χ0) is 27.4. The van der Waals surface area contributed by atoms with E-state index in [1.807, 2.05) is 25.1 Å². The van der Waals surface area contributed by atoms with Crippen molar-refractivity contribution in [3.63, 3.8) is 0 Å². The first kappa shape index (κ1) is 27.9. The van der Waals surface area contributed by atoms with Crippen LogP contribution in [0.3, 0.4) is 0 Å². The average Bonchev–Trinajstić information content (AvgIpc) is 2.90. The van der Waals surface area contributed by atoms with Crippen LogP contribution >= 0.6 is 0 Å². The van der Waals surface area contributed by atoms with Crippen LogP contribution in [0.25, 0.3) is 10.9 Å². The molecule has 2 aromatic carbocycles. The number of aliphatic hydroxyl groups is 1. The molecule has 1 aliphatic rings. The summed E-state index contributed by atoms with van der Waals surface area (Å²) in [5.74, 6) is -4.06. The molecule has 0 radical (unpaired) electrons. The van der Waals surface area contributed by atoms with Crippen LogP contribution in [0, 0.1) is 29.8 Å². The van der Waals surface area contributed by atoms with Crippen LogP contribution in [0.5, 0.6) is 5.75 Å². The van der Waals surface area contributed by atoms with E-state index in [1.165, 1.54) is 0 Å². The second kappa shape index (κ2) is 11.7. The van der Waals surface area contributed by atoms with E-state index >= 15 is 0 Å². The Kier molecular flexibility index (Phi) is 8.57. The Balaban J connectivity index is 1.36. The molecule has 0 saturated carbocycles. The molecule has 0 bridgehead atoms. The Morgan fingerprint density at radius 3 is 2.47 bits per heavy atom. The molecule has 0 unspecified atom stereocenters. The summed E-state index contributed by atoms with van der Waals surface area (Å²) in [5.41, 5.74) is 1.76. The van der Waals surface area contributed by atoms with Crippen molar-refractivity contribution in [1.29, 1.82) is 0 Å². The van der Waals surface area contributed by atoms with Gasteiger partial charge in [-0.1, -0.05) is 0 Å². The maximum atomic E-state index is 13.4. The molecule has 0 spiro atoms. The van der Waals surface area contributed by atoms with Crippen molar-refractivity contribution >= 4 is 16.9 Å². The van der Waals surface area contributed by atoms with Crippen molar-refractivity contribution in [2.45, 2.75) is 51.6 Å². The Morgan fingerprint density at radius 1 is 1.16 bits per heavy atom. The first-order valence-corrected chi connectivity index (χ1v) is 12.8. The van der Waals surface area contributed by atoms with Crippen molar-refractivity contribution < 1.29 is 32.9 Å². The number of carboxylic acid groups (broad SMARTS) is 1. The van der Waals surface area contributed by atoms with Crippen LogP contribution in [-0.4, -0.2) is 52.8 Å². The molecule has 0 amide bonds. The molecule has 1 aromatic heterocycles. The lowest BCUT2D eigenvalue weighted by atomic mass is 9.73. The van der Waals surface area contributed by atoms with Gasteiger partial charge >= 0.3 is 5.97 Å². The van der Waals surface area contributed by atoms with E-state index in [2.05, 4.69) is 9.88 Å². The van der Waals surface area contributed by atoms with Gasteiger partial charge in [-0.05, 0) is 112 Å². The first-order valence-electron chi connectivity index (χ1n) is 12.8. The highest BCUT2D eigenvalue weighted by Crippen LogP contribution is 2.40. The molecule has 1 atom stereocenters. The number of ether oxygens (including phenoxy) is 1. The third-order valence-corrected chi connectivity index (χ3v) is 7.80. The number of piperidine rings is 1. The van der Waals surface area contributed by atoms with Crippen LogP contribution in [0.1, 0.15) is 54.9 Å². The number of pyridine rings is 1. The van der Waals surface area contributed by atoms with Crippen LogP contribution in [0.15, 0.2) is 36.5 Å². The van der Waals surface area contributed by atoms with Gasteiger partial charge in [0.05, 0.1) is 24.1 Å². The summed E-state index contributed by atoms with van der Waals surface area (Å²) in [7, 11) is 1.58. The minimum absolute atomic E-state index is 0.297. The number of rotatable bonds is 10. The van der Waals surface area contributed by atoms with E-state index in [-0.39, 0.29) is 0 Å². The lowest BCUT2D eigenvalue weighted by Gasteiger charge is -2.39. The fraction of sp³-hybridized carbons (Fsp3) is 0.448. The highest BCUT2D eigenvalue weighted by molar-refractivity contribution is 5.85. The lowest BCUT2D eigenvalue weighted by Crippen LogP contribution is -2.44. The number of benzene rings is 2. The molecule has 3 aromatic rings. The zero-order valence-electron chi connectivity index (χ0n) is 21.6. The highest BCUT2D eigenvalue weighted by Gasteiger charge is 2.41. The van der Waals surface area contributed by atoms with Gasteiger partial charge < -0.3 is 19.8 Å². The molecule has 6 nitrogen and oxygen atoms in total. The number of likely N-dealkylation sites (tertiary alicyclic amines) is 1.